The van der Waals surface area contributed by atoms with Gasteiger partial charge in [-0.25, -0.2) is 4.98 Å². The summed E-state index contributed by atoms with van der Waals surface area (Å²) < 4.78 is 0. The highest BCUT2D eigenvalue weighted by molar-refractivity contribution is 7.97. The van der Waals surface area contributed by atoms with Gasteiger partial charge in [0.25, 0.3) is 5.91 Å². The van der Waals surface area contributed by atoms with Crippen molar-refractivity contribution >= 4 is 17.7 Å². The van der Waals surface area contributed by atoms with Crippen LogP contribution in [-0.2, 0) is 12.2 Å². The number of carbonyl (C=O) groups excluding carboxylic acids is 1. The molecule has 2 N–H and O–H groups in total. The summed E-state index contributed by atoms with van der Waals surface area (Å²) in [4.78, 5) is 16.0. The second-order valence-corrected chi connectivity index (χ2v) is 4.94. The maximum atomic E-state index is 12.0. The van der Waals surface area contributed by atoms with Crippen LogP contribution >= 0.6 is 11.8 Å². The normalized spacial score (nSPS) is 10.4. The number of amides is 1. The predicted octanol–water partition coefficient (Wildman–Crippen LogP) is 1.64. The Kier molecular flexibility index (Phi) is 4.97. The molecule has 1 aromatic carbocycles. The van der Waals surface area contributed by atoms with Gasteiger partial charge in [-0.2, -0.15) is 16.9 Å². The van der Waals surface area contributed by atoms with E-state index in [-0.39, 0.29) is 5.91 Å². The molecule has 5 nitrogen and oxygen atoms in total. The van der Waals surface area contributed by atoms with E-state index >= 15 is 0 Å². The van der Waals surface area contributed by atoms with Crippen LogP contribution in [0.3, 0.4) is 0 Å². The zero-order valence-corrected chi connectivity index (χ0v) is 11.5. The molecule has 19 heavy (non-hydrogen) atoms. The van der Waals surface area contributed by atoms with Gasteiger partial charge < -0.3 is 5.32 Å². The van der Waals surface area contributed by atoms with Crippen LogP contribution in [0.4, 0.5) is 0 Å². The third-order valence-electron chi connectivity index (χ3n) is 2.61. The van der Waals surface area contributed by atoms with Gasteiger partial charge in [0.15, 0.2) is 0 Å². The van der Waals surface area contributed by atoms with Gasteiger partial charge in [-0.3, -0.25) is 9.89 Å². The van der Waals surface area contributed by atoms with Gasteiger partial charge in [0.05, 0.1) is 0 Å². The fraction of sp³-hybridized carbons (Fsp3) is 0.308. The first kappa shape index (κ1) is 13.6. The van der Waals surface area contributed by atoms with Gasteiger partial charge in [-0.05, 0) is 24.0 Å². The molecule has 1 aromatic heterocycles. The van der Waals surface area contributed by atoms with Crippen molar-refractivity contribution in [3.05, 3.63) is 47.5 Å². The minimum Gasteiger partial charge on any atom is -0.352 e. The van der Waals surface area contributed by atoms with E-state index in [1.807, 2.05) is 30.5 Å². The van der Waals surface area contributed by atoms with E-state index in [0.717, 1.165) is 17.1 Å². The number of nitrogens with zero attached hydrogens (tertiary/aromatic N) is 2. The summed E-state index contributed by atoms with van der Waals surface area (Å²) in [5.74, 6) is 1.64. The molecule has 100 valence electrons. The van der Waals surface area contributed by atoms with Crippen molar-refractivity contribution < 1.29 is 4.79 Å². The van der Waals surface area contributed by atoms with Crippen molar-refractivity contribution in [2.24, 2.45) is 0 Å². The lowest BCUT2D eigenvalue weighted by Crippen LogP contribution is -2.26. The third kappa shape index (κ3) is 4.10. The van der Waals surface area contributed by atoms with E-state index in [1.165, 1.54) is 6.33 Å². The van der Waals surface area contributed by atoms with Crippen LogP contribution in [0.5, 0.6) is 0 Å². The van der Waals surface area contributed by atoms with Gasteiger partial charge in [-0.15, -0.1) is 0 Å². The molecule has 0 fully saturated rings. The molecule has 0 spiro atoms. The summed E-state index contributed by atoms with van der Waals surface area (Å²) in [6, 6.07) is 7.70. The Morgan fingerprint density at radius 3 is 3.11 bits per heavy atom. The lowest BCUT2D eigenvalue weighted by atomic mass is 10.1. The van der Waals surface area contributed by atoms with Crippen molar-refractivity contribution in [1.82, 2.24) is 20.5 Å². The van der Waals surface area contributed by atoms with Crippen LogP contribution in [0.25, 0.3) is 0 Å². The highest BCUT2D eigenvalue weighted by Crippen LogP contribution is 2.11. The molecular weight excluding hydrogens is 260 g/mol. The first-order valence-corrected chi connectivity index (χ1v) is 7.39. The fourth-order valence-corrected chi connectivity index (χ4v) is 2.23. The number of H-pyrrole nitrogens is 1. The Balaban J connectivity index is 1.87. The van der Waals surface area contributed by atoms with Gasteiger partial charge in [0, 0.05) is 24.3 Å². The first-order chi connectivity index (χ1) is 9.29. The topological polar surface area (TPSA) is 70.7 Å². The Morgan fingerprint density at radius 1 is 1.47 bits per heavy atom. The number of hydrogen-bond acceptors (Lipinski definition) is 4. The highest BCUT2D eigenvalue weighted by Gasteiger charge is 2.06. The van der Waals surface area contributed by atoms with Gasteiger partial charge in [0.1, 0.15) is 12.2 Å². The number of hydrogen-bond donors (Lipinski definition) is 2. The monoisotopic (exact) mass is 276 g/mol. The standard InChI is InChI=1S/C13H16N4OS/c1-19-8-10-3-2-4-11(7-10)13(18)14-6-5-12-15-9-16-17-12/h2-4,7,9H,5-6,8H2,1H3,(H,14,18)(H,15,16,17). The molecule has 6 heteroatoms. The number of benzene rings is 1. The lowest BCUT2D eigenvalue weighted by Gasteiger charge is -2.05. The van der Waals surface area contributed by atoms with Crippen LogP contribution in [0.1, 0.15) is 21.7 Å². The van der Waals surface area contributed by atoms with Gasteiger partial charge in [0.2, 0.25) is 0 Å². The van der Waals surface area contributed by atoms with E-state index in [1.54, 1.807) is 11.8 Å². The molecule has 0 saturated heterocycles. The minimum atomic E-state index is -0.0533. The number of aromatic nitrogens is 3. The van der Waals surface area contributed by atoms with E-state index in [2.05, 4.69) is 20.5 Å². The molecule has 0 unspecified atom stereocenters. The quantitative estimate of drug-likeness (QED) is 0.841. The Bertz CT molecular complexity index is 527. The van der Waals surface area contributed by atoms with E-state index < -0.39 is 0 Å². The molecule has 0 aliphatic carbocycles. The van der Waals surface area contributed by atoms with Gasteiger partial charge in [-0.1, -0.05) is 12.1 Å². The van der Waals surface area contributed by atoms with Crippen molar-refractivity contribution in [3.63, 3.8) is 0 Å². The van der Waals surface area contributed by atoms with Crippen LogP contribution in [0.15, 0.2) is 30.6 Å². The van der Waals surface area contributed by atoms with Crippen molar-refractivity contribution in [1.29, 1.82) is 0 Å². The summed E-state index contributed by atoms with van der Waals surface area (Å²) >= 11 is 1.74. The zero-order chi connectivity index (χ0) is 13.5. The van der Waals surface area contributed by atoms with Crippen molar-refractivity contribution in [2.45, 2.75) is 12.2 Å². The first-order valence-electron chi connectivity index (χ1n) is 6.00. The van der Waals surface area contributed by atoms with Crippen LogP contribution in [0.2, 0.25) is 0 Å². The molecule has 2 aromatic rings. The SMILES string of the molecule is CSCc1cccc(C(=O)NCCc2ncn[nH]2)c1. The second-order valence-electron chi connectivity index (χ2n) is 4.07. The molecule has 2 rings (SSSR count). The third-order valence-corrected chi connectivity index (χ3v) is 3.23. The fourth-order valence-electron chi connectivity index (χ4n) is 1.72. The van der Waals surface area contributed by atoms with E-state index in [0.29, 0.717) is 18.5 Å². The molecule has 1 amide bonds. The number of rotatable bonds is 6. The molecule has 0 aliphatic rings. The average Bonchev–Trinajstić information content (AvgIpc) is 2.92. The average molecular weight is 276 g/mol. The Hall–Kier alpha value is -1.82. The molecule has 0 bridgehead atoms. The van der Waals surface area contributed by atoms with Crippen LogP contribution in [0, 0.1) is 0 Å². The maximum Gasteiger partial charge on any atom is 0.251 e. The zero-order valence-electron chi connectivity index (χ0n) is 10.7. The summed E-state index contributed by atoms with van der Waals surface area (Å²) in [5, 5.41) is 9.39. The maximum absolute atomic E-state index is 12.0. The Labute approximate surface area is 116 Å². The number of nitrogens with one attached hydrogen (secondary N) is 2. The van der Waals surface area contributed by atoms with Crippen LogP contribution < -0.4 is 5.32 Å². The molecule has 0 atom stereocenters. The Morgan fingerprint density at radius 2 is 2.37 bits per heavy atom. The molecule has 1 heterocycles. The number of aromatic amines is 1. The molecule has 0 saturated carbocycles. The van der Waals surface area contributed by atoms with Crippen molar-refractivity contribution in [2.75, 3.05) is 12.8 Å². The van der Waals surface area contributed by atoms with E-state index in [9.17, 15) is 4.79 Å². The summed E-state index contributed by atoms with van der Waals surface area (Å²) in [6.45, 7) is 0.542. The second kappa shape index (κ2) is 6.94. The summed E-state index contributed by atoms with van der Waals surface area (Å²) in [7, 11) is 0. The minimum absolute atomic E-state index is 0.0533. The van der Waals surface area contributed by atoms with E-state index in [4.69, 9.17) is 0 Å². The molecule has 0 radical (unpaired) electrons. The number of carbonyl (C=O) groups is 1. The smallest absolute Gasteiger partial charge is 0.251 e. The summed E-state index contributed by atoms with van der Waals surface area (Å²) in [5.41, 5.74) is 1.86. The van der Waals surface area contributed by atoms with Crippen molar-refractivity contribution in [3.8, 4) is 0 Å². The molecular formula is C13H16N4OS. The predicted molar refractivity (Wildman–Crippen MR) is 76.1 cm³/mol. The van der Waals surface area contributed by atoms with Gasteiger partial charge >= 0.3 is 0 Å². The largest absolute Gasteiger partial charge is 0.352 e. The summed E-state index contributed by atoms with van der Waals surface area (Å²) in [6.07, 6.45) is 4.16. The number of thioether (sulfide) groups is 1. The lowest BCUT2D eigenvalue weighted by molar-refractivity contribution is 0.0954. The highest BCUT2D eigenvalue weighted by atomic mass is 32.2. The van der Waals surface area contributed by atoms with Crippen LogP contribution in [-0.4, -0.2) is 33.9 Å². The molecule has 0 aliphatic heterocycles.